The van der Waals surface area contributed by atoms with Gasteiger partial charge in [0, 0.05) is 11.6 Å². The summed E-state index contributed by atoms with van der Waals surface area (Å²) in [5.74, 6) is 0.426. The van der Waals surface area contributed by atoms with Crippen LogP contribution in [0.5, 0.6) is 0 Å². The first-order valence-corrected chi connectivity index (χ1v) is 4.13. The molecule has 12 heavy (non-hydrogen) atoms. The maximum absolute atomic E-state index is 11.3. The van der Waals surface area contributed by atoms with Crippen molar-refractivity contribution in [1.29, 1.82) is 0 Å². The van der Waals surface area contributed by atoms with Crippen LogP contribution in [0.4, 0.5) is 5.69 Å². The molecule has 1 radical (unpaired) electrons. The lowest BCUT2D eigenvalue weighted by Crippen LogP contribution is -2.12. The molecular formula is C10H10NO. The first kappa shape index (κ1) is 7.35. The predicted molar refractivity (Wildman–Crippen MR) is 46.6 cm³/mol. The Morgan fingerprint density at radius 1 is 1.42 bits per heavy atom. The van der Waals surface area contributed by atoms with E-state index in [1.807, 2.05) is 12.1 Å². The Morgan fingerprint density at radius 2 is 2.08 bits per heavy atom. The standard InChI is InChI=1S/C10H10NO/c12-10(8-6-7-8)11-9-4-2-1-3-5-9/h2-5,8H,6-7H2,(H,11,12). The lowest BCUT2D eigenvalue weighted by molar-refractivity contribution is -0.117. The summed E-state index contributed by atoms with van der Waals surface area (Å²) < 4.78 is 0. The van der Waals surface area contributed by atoms with Gasteiger partial charge in [-0.15, -0.1) is 0 Å². The number of carbonyl (C=O) groups is 1. The summed E-state index contributed by atoms with van der Waals surface area (Å²) in [7, 11) is 0. The van der Waals surface area contributed by atoms with Gasteiger partial charge in [-0.05, 0) is 31.0 Å². The molecule has 2 heteroatoms. The second-order valence-electron chi connectivity index (χ2n) is 3.05. The summed E-state index contributed by atoms with van der Waals surface area (Å²) in [5.41, 5.74) is 0.866. The molecule has 1 fully saturated rings. The highest BCUT2D eigenvalue weighted by Gasteiger charge is 2.29. The van der Waals surface area contributed by atoms with Gasteiger partial charge in [-0.3, -0.25) is 4.79 Å². The second-order valence-corrected chi connectivity index (χ2v) is 3.05. The molecule has 0 heterocycles. The van der Waals surface area contributed by atoms with E-state index in [0.29, 0.717) is 0 Å². The molecule has 1 N–H and O–H groups in total. The van der Waals surface area contributed by atoms with Crippen LogP contribution in [0.2, 0.25) is 0 Å². The fourth-order valence-electron chi connectivity index (χ4n) is 1.06. The highest BCUT2D eigenvalue weighted by molar-refractivity contribution is 5.93. The van der Waals surface area contributed by atoms with Gasteiger partial charge in [0.25, 0.3) is 0 Å². The maximum Gasteiger partial charge on any atom is 0.227 e. The van der Waals surface area contributed by atoms with Crippen molar-refractivity contribution in [3.05, 3.63) is 30.3 Å². The summed E-state index contributed by atoms with van der Waals surface area (Å²) in [6.07, 6.45) is 2.09. The van der Waals surface area contributed by atoms with Gasteiger partial charge in [0.2, 0.25) is 5.91 Å². The molecule has 2 rings (SSSR count). The molecule has 1 aliphatic rings. The zero-order valence-electron chi connectivity index (χ0n) is 6.71. The van der Waals surface area contributed by atoms with Gasteiger partial charge in [0.1, 0.15) is 0 Å². The Labute approximate surface area is 71.6 Å². The van der Waals surface area contributed by atoms with E-state index in [4.69, 9.17) is 0 Å². The van der Waals surface area contributed by atoms with E-state index < -0.39 is 0 Å². The van der Waals surface area contributed by atoms with E-state index >= 15 is 0 Å². The minimum atomic E-state index is 0.154. The van der Waals surface area contributed by atoms with Crippen molar-refractivity contribution in [3.63, 3.8) is 0 Å². The second kappa shape index (κ2) is 2.97. The van der Waals surface area contributed by atoms with Gasteiger partial charge in [-0.2, -0.15) is 0 Å². The van der Waals surface area contributed by atoms with Gasteiger partial charge in [0.15, 0.2) is 0 Å². The zero-order chi connectivity index (χ0) is 8.39. The Kier molecular flexibility index (Phi) is 1.82. The molecule has 1 aromatic rings. The molecular weight excluding hydrogens is 150 g/mol. The maximum atomic E-state index is 11.3. The minimum absolute atomic E-state index is 0.154. The summed E-state index contributed by atoms with van der Waals surface area (Å²) in [5, 5.41) is 2.84. The third-order valence-electron chi connectivity index (χ3n) is 1.93. The lowest BCUT2D eigenvalue weighted by Gasteiger charge is -2.01. The topological polar surface area (TPSA) is 29.1 Å². The molecule has 0 bridgehead atoms. The number of amides is 1. The monoisotopic (exact) mass is 160 g/mol. The van der Waals surface area contributed by atoms with E-state index in [9.17, 15) is 4.79 Å². The zero-order valence-corrected chi connectivity index (χ0v) is 6.71. The number of carbonyl (C=O) groups excluding carboxylic acids is 1. The fraction of sp³-hybridized carbons (Fsp3) is 0.300. The molecule has 61 valence electrons. The van der Waals surface area contributed by atoms with Crippen LogP contribution in [0, 0.1) is 12.0 Å². The minimum Gasteiger partial charge on any atom is -0.326 e. The van der Waals surface area contributed by atoms with Crippen LogP contribution in [-0.2, 0) is 4.79 Å². The SMILES string of the molecule is O=C(Nc1cc[c]cc1)C1CC1. The van der Waals surface area contributed by atoms with Gasteiger partial charge < -0.3 is 5.32 Å². The molecule has 0 saturated heterocycles. The third-order valence-corrected chi connectivity index (χ3v) is 1.93. The Morgan fingerprint density at radius 3 is 2.67 bits per heavy atom. The molecule has 1 amide bonds. The van der Waals surface area contributed by atoms with Crippen molar-refractivity contribution in [3.8, 4) is 0 Å². The molecule has 0 aromatic heterocycles. The van der Waals surface area contributed by atoms with Crippen molar-refractivity contribution < 1.29 is 4.79 Å². The highest BCUT2D eigenvalue weighted by Crippen LogP contribution is 2.29. The number of benzene rings is 1. The largest absolute Gasteiger partial charge is 0.326 e. The van der Waals surface area contributed by atoms with Gasteiger partial charge in [0.05, 0.1) is 0 Å². The predicted octanol–water partition coefficient (Wildman–Crippen LogP) is 1.84. The lowest BCUT2D eigenvalue weighted by atomic mass is 10.3. The average Bonchev–Trinajstić information content (AvgIpc) is 2.88. The Bertz CT molecular complexity index is 277. The number of anilines is 1. The van der Waals surface area contributed by atoms with Crippen molar-refractivity contribution in [2.75, 3.05) is 5.32 Å². The fourth-order valence-corrected chi connectivity index (χ4v) is 1.06. The number of nitrogens with one attached hydrogen (secondary N) is 1. The highest BCUT2D eigenvalue weighted by atomic mass is 16.2. The van der Waals surface area contributed by atoms with Crippen LogP contribution in [0.15, 0.2) is 24.3 Å². The van der Waals surface area contributed by atoms with E-state index in [-0.39, 0.29) is 11.8 Å². The molecule has 1 aromatic carbocycles. The summed E-state index contributed by atoms with van der Waals surface area (Å²) in [4.78, 5) is 11.3. The molecule has 1 aliphatic carbocycles. The average molecular weight is 160 g/mol. The molecule has 0 unspecified atom stereocenters. The molecule has 0 aliphatic heterocycles. The smallest absolute Gasteiger partial charge is 0.227 e. The van der Waals surface area contributed by atoms with Crippen molar-refractivity contribution >= 4 is 11.6 Å². The third kappa shape index (κ3) is 1.64. The summed E-state index contributed by atoms with van der Waals surface area (Å²) >= 11 is 0. The first-order chi connectivity index (χ1) is 5.86. The van der Waals surface area contributed by atoms with Crippen LogP contribution in [0.1, 0.15) is 12.8 Å². The summed E-state index contributed by atoms with van der Waals surface area (Å²) in [6.45, 7) is 0. The first-order valence-electron chi connectivity index (χ1n) is 4.13. The van der Waals surface area contributed by atoms with Crippen LogP contribution >= 0.6 is 0 Å². The van der Waals surface area contributed by atoms with Gasteiger partial charge >= 0.3 is 0 Å². The summed E-state index contributed by atoms with van der Waals surface area (Å²) in [6, 6.07) is 10.2. The van der Waals surface area contributed by atoms with E-state index in [2.05, 4.69) is 11.4 Å². The van der Waals surface area contributed by atoms with Gasteiger partial charge in [-0.1, -0.05) is 12.1 Å². The van der Waals surface area contributed by atoms with Crippen LogP contribution < -0.4 is 5.32 Å². The van der Waals surface area contributed by atoms with Crippen LogP contribution in [0.25, 0.3) is 0 Å². The van der Waals surface area contributed by atoms with E-state index in [1.54, 1.807) is 12.1 Å². The molecule has 0 atom stereocenters. The Hall–Kier alpha value is -1.31. The number of hydrogen-bond donors (Lipinski definition) is 1. The number of hydrogen-bond acceptors (Lipinski definition) is 1. The normalized spacial score (nSPS) is 15.7. The van der Waals surface area contributed by atoms with Crippen molar-refractivity contribution in [2.45, 2.75) is 12.8 Å². The molecule has 1 saturated carbocycles. The number of rotatable bonds is 2. The van der Waals surface area contributed by atoms with Crippen LogP contribution in [0.3, 0.4) is 0 Å². The van der Waals surface area contributed by atoms with Crippen molar-refractivity contribution in [1.82, 2.24) is 0 Å². The van der Waals surface area contributed by atoms with E-state index in [0.717, 1.165) is 18.5 Å². The van der Waals surface area contributed by atoms with Crippen LogP contribution in [-0.4, -0.2) is 5.91 Å². The Balaban J connectivity index is 1.98. The molecule has 0 spiro atoms. The van der Waals surface area contributed by atoms with E-state index in [1.165, 1.54) is 0 Å². The van der Waals surface area contributed by atoms with Crippen molar-refractivity contribution in [2.24, 2.45) is 5.92 Å². The van der Waals surface area contributed by atoms with Gasteiger partial charge in [-0.25, -0.2) is 0 Å². The molecule has 2 nitrogen and oxygen atoms in total. The quantitative estimate of drug-likeness (QED) is 0.702.